The van der Waals surface area contributed by atoms with E-state index in [0.29, 0.717) is 24.5 Å². The smallest absolute Gasteiger partial charge is 0.303 e. The fourth-order valence-electron chi connectivity index (χ4n) is 3.68. The number of rotatable bonds is 10. The van der Waals surface area contributed by atoms with Gasteiger partial charge in [0, 0.05) is 18.4 Å². The summed E-state index contributed by atoms with van der Waals surface area (Å²) in [5, 5.41) is 8.91. The van der Waals surface area contributed by atoms with E-state index in [1.807, 2.05) is 18.2 Å². The topological polar surface area (TPSA) is 55.8 Å². The summed E-state index contributed by atoms with van der Waals surface area (Å²) in [6.07, 6.45) is 1.13. The van der Waals surface area contributed by atoms with Crippen molar-refractivity contribution in [3.05, 3.63) is 76.4 Å². The van der Waals surface area contributed by atoms with Gasteiger partial charge in [-0.3, -0.25) is 4.79 Å². The molecule has 0 aromatic heterocycles. The highest BCUT2D eigenvalue weighted by Crippen LogP contribution is 2.36. The molecular weight excluding hydrogens is 402 g/mol. The molecule has 1 aliphatic heterocycles. The Morgan fingerprint density at radius 1 is 1.16 bits per heavy atom. The molecule has 2 aromatic rings. The molecule has 1 N–H and O–H groups in total. The lowest BCUT2D eigenvalue weighted by molar-refractivity contribution is -0.137. The van der Waals surface area contributed by atoms with E-state index >= 15 is 0 Å². The van der Waals surface area contributed by atoms with Gasteiger partial charge in [-0.1, -0.05) is 48.9 Å². The molecule has 3 rings (SSSR count). The molecule has 6 heteroatoms. The third kappa shape index (κ3) is 6.37. The summed E-state index contributed by atoms with van der Waals surface area (Å²) in [4.78, 5) is 10.9. The van der Waals surface area contributed by atoms with Crippen LogP contribution in [0, 0.1) is 0 Å². The van der Waals surface area contributed by atoms with Crippen LogP contribution in [0.2, 0.25) is 0 Å². The minimum atomic E-state index is -3.04. The highest BCUT2D eigenvalue weighted by molar-refractivity contribution is 5.67. The van der Waals surface area contributed by atoms with Gasteiger partial charge in [-0.15, -0.1) is 0 Å². The molecule has 1 heterocycles. The highest BCUT2D eigenvalue weighted by Gasteiger charge is 2.32. The first-order valence-corrected chi connectivity index (χ1v) is 10.6. The Balaban J connectivity index is 1.77. The largest absolute Gasteiger partial charge is 0.489 e. The molecule has 0 bridgehead atoms. The number of ether oxygens (including phenoxy) is 2. The van der Waals surface area contributed by atoms with Crippen LogP contribution < -0.4 is 4.74 Å². The zero-order chi connectivity index (χ0) is 22.3. The number of aliphatic carboxylic acids is 1. The molecule has 0 spiro atoms. The first kappa shape index (κ1) is 22.9. The number of hydrogen-bond donors (Lipinski definition) is 1. The Morgan fingerprint density at radius 2 is 1.94 bits per heavy atom. The number of halogens is 2. The maximum Gasteiger partial charge on any atom is 0.303 e. The third-order valence-corrected chi connectivity index (χ3v) is 5.53. The Bertz CT molecular complexity index is 922. The number of carboxylic acids is 1. The van der Waals surface area contributed by atoms with Crippen LogP contribution >= 0.6 is 0 Å². The second-order valence-corrected chi connectivity index (χ2v) is 7.73. The van der Waals surface area contributed by atoms with Gasteiger partial charge in [-0.2, -0.15) is 0 Å². The molecule has 0 radical (unpaired) electrons. The monoisotopic (exact) mass is 430 g/mol. The van der Waals surface area contributed by atoms with E-state index in [1.165, 1.54) is 24.1 Å². The van der Waals surface area contributed by atoms with E-state index in [-0.39, 0.29) is 31.4 Å². The lowest BCUT2D eigenvalue weighted by Gasteiger charge is -2.23. The van der Waals surface area contributed by atoms with E-state index in [4.69, 9.17) is 14.6 Å². The molecule has 166 valence electrons. The van der Waals surface area contributed by atoms with Crippen molar-refractivity contribution in [2.24, 2.45) is 0 Å². The van der Waals surface area contributed by atoms with Crippen LogP contribution in [0.15, 0.2) is 59.7 Å². The van der Waals surface area contributed by atoms with E-state index in [9.17, 15) is 13.6 Å². The number of benzene rings is 2. The summed E-state index contributed by atoms with van der Waals surface area (Å²) in [7, 11) is 0. The predicted octanol–water partition coefficient (Wildman–Crippen LogP) is 5.54. The molecule has 0 unspecified atom stereocenters. The molecule has 4 nitrogen and oxygen atoms in total. The Labute approximate surface area is 181 Å². The molecule has 0 aliphatic carbocycles. The molecule has 0 saturated carbocycles. The first-order valence-electron chi connectivity index (χ1n) is 10.6. The molecule has 0 amide bonds. The molecule has 0 saturated heterocycles. The van der Waals surface area contributed by atoms with Gasteiger partial charge in [0.1, 0.15) is 12.4 Å². The van der Waals surface area contributed by atoms with Crippen molar-refractivity contribution >= 4 is 5.97 Å². The SMILES string of the molecule is CCC(F)(F)c1cc(OCC2=C(Cc3ccccc3)CCOC2)ccc1CCC(=O)O. The number of alkyl halides is 2. The Kier molecular flexibility index (Phi) is 7.80. The molecule has 0 atom stereocenters. The minimum absolute atomic E-state index is 0.0563. The third-order valence-electron chi connectivity index (χ3n) is 5.53. The summed E-state index contributed by atoms with van der Waals surface area (Å²) < 4.78 is 40.5. The molecular formula is C25H28F2O4. The van der Waals surface area contributed by atoms with Crippen LogP contribution in [-0.2, 0) is 28.3 Å². The summed E-state index contributed by atoms with van der Waals surface area (Å²) in [5.74, 6) is -3.71. The molecule has 1 aliphatic rings. The lowest BCUT2D eigenvalue weighted by Crippen LogP contribution is -2.18. The van der Waals surface area contributed by atoms with Crippen molar-refractivity contribution in [3.8, 4) is 5.75 Å². The van der Waals surface area contributed by atoms with Crippen LogP contribution in [0.25, 0.3) is 0 Å². The van der Waals surface area contributed by atoms with Gasteiger partial charge in [0.15, 0.2) is 0 Å². The lowest BCUT2D eigenvalue weighted by atomic mass is 9.96. The summed E-state index contributed by atoms with van der Waals surface area (Å²) >= 11 is 0. The minimum Gasteiger partial charge on any atom is -0.489 e. The van der Waals surface area contributed by atoms with Crippen LogP contribution in [0.1, 0.15) is 42.9 Å². The summed E-state index contributed by atoms with van der Waals surface area (Å²) in [6, 6.07) is 14.7. The van der Waals surface area contributed by atoms with Crippen molar-refractivity contribution in [3.63, 3.8) is 0 Å². The highest BCUT2D eigenvalue weighted by atomic mass is 19.3. The number of aryl methyl sites for hydroxylation is 1. The van der Waals surface area contributed by atoms with Crippen molar-refractivity contribution in [1.82, 2.24) is 0 Å². The molecule has 31 heavy (non-hydrogen) atoms. The van der Waals surface area contributed by atoms with Crippen LogP contribution in [0.3, 0.4) is 0 Å². The average molecular weight is 430 g/mol. The average Bonchev–Trinajstić information content (AvgIpc) is 2.78. The standard InChI is InChI=1S/C25H28F2O4/c1-2-25(26,27)23-15-22(10-8-19(23)9-11-24(28)29)31-17-21-16-30-13-12-20(21)14-18-6-4-3-5-7-18/h3-8,10,15H,2,9,11-14,16-17H2,1H3,(H,28,29). The van der Waals surface area contributed by atoms with E-state index in [0.717, 1.165) is 18.4 Å². The van der Waals surface area contributed by atoms with Crippen molar-refractivity contribution in [2.75, 3.05) is 19.8 Å². The van der Waals surface area contributed by atoms with E-state index in [2.05, 4.69) is 12.1 Å². The maximum atomic E-state index is 14.5. The van der Waals surface area contributed by atoms with Gasteiger partial charge >= 0.3 is 5.97 Å². The zero-order valence-electron chi connectivity index (χ0n) is 17.7. The Morgan fingerprint density at radius 3 is 2.65 bits per heavy atom. The number of carboxylic acid groups (broad SMARTS) is 1. The van der Waals surface area contributed by atoms with Gasteiger partial charge in [-0.25, -0.2) is 8.78 Å². The van der Waals surface area contributed by atoms with Crippen LogP contribution in [-0.4, -0.2) is 30.9 Å². The predicted molar refractivity (Wildman–Crippen MR) is 115 cm³/mol. The molecule has 2 aromatic carbocycles. The van der Waals surface area contributed by atoms with Gasteiger partial charge in [0.05, 0.1) is 13.2 Å². The summed E-state index contributed by atoms with van der Waals surface area (Å²) in [5.41, 5.74) is 3.69. The second kappa shape index (κ2) is 10.5. The van der Waals surface area contributed by atoms with E-state index < -0.39 is 11.9 Å². The first-order chi connectivity index (χ1) is 14.9. The second-order valence-electron chi connectivity index (χ2n) is 7.73. The van der Waals surface area contributed by atoms with Gasteiger partial charge in [0.2, 0.25) is 0 Å². The maximum absolute atomic E-state index is 14.5. The van der Waals surface area contributed by atoms with Crippen molar-refractivity contribution in [2.45, 2.75) is 45.0 Å². The zero-order valence-corrected chi connectivity index (χ0v) is 17.7. The van der Waals surface area contributed by atoms with Crippen LogP contribution in [0.5, 0.6) is 5.75 Å². The van der Waals surface area contributed by atoms with Gasteiger partial charge in [-0.05, 0) is 48.1 Å². The Hall–Kier alpha value is -2.73. The fraction of sp³-hybridized carbons (Fsp3) is 0.400. The quantitative estimate of drug-likeness (QED) is 0.503. The van der Waals surface area contributed by atoms with Crippen molar-refractivity contribution < 1.29 is 28.2 Å². The molecule has 0 fully saturated rings. The van der Waals surface area contributed by atoms with E-state index in [1.54, 1.807) is 12.1 Å². The summed E-state index contributed by atoms with van der Waals surface area (Å²) in [6.45, 7) is 2.82. The van der Waals surface area contributed by atoms with Gasteiger partial charge in [0.25, 0.3) is 5.92 Å². The fourth-order valence-corrected chi connectivity index (χ4v) is 3.68. The van der Waals surface area contributed by atoms with Crippen LogP contribution in [0.4, 0.5) is 8.78 Å². The van der Waals surface area contributed by atoms with Crippen molar-refractivity contribution in [1.29, 1.82) is 0 Å². The van der Waals surface area contributed by atoms with Gasteiger partial charge < -0.3 is 14.6 Å². The number of carbonyl (C=O) groups is 1. The number of hydrogen-bond acceptors (Lipinski definition) is 3. The normalized spacial score (nSPS) is 14.5.